The number of aromatic nitrogens is 1. The number of amides is 1. The molecule has 23 heavy (non-hydrogen) atoms. The highest BCUT2D eigenvalue weighted by molar-refractivity contribution is 7.99. The number of rotatable bonds is 2. The molecule has 5 heteroatoms. The number of hydrogen-bond acceptors (Lipinski definition) is 4. The van der Waals surface area contributed by atoms with Gasteiger partial charge in [0.2, 0.25) is 5.91 Å². The van der Waals surface area contributed by atoms with Crippen molar-refractivity contribution < 1.29 is 4.79 Å². The Bertz CT molecular complexity index is 565. The van der Waals surface area contributed by atoms with Crippen molar-refractivity contribution in [2.45, 2.75) is 38.3 Å². The van der Waals surface area contributed by atoms with E-state index in [2.05, 4.69) is 32.6 Å². The summed E-state index contributed by atoms with van der Waals surface area (Å²) in [6.07, 6.45) is 6.17. The van der Waals surface area contributed by atoms with Gasteiger partial charge in [-0.15, -0.1) is 0 Å². The molecule has 0 bridgehead atoms. The van der Waals surface area contributed by atoms with Gasteiger partial charge in [0.15, 0.2) is 0 Å². The lowest BCUT2D eigenvalue weighted by molar-refractivity contribution is -0.138. The molecular formula is C18H25N3OS. The van der Waals surface area contributed by atoms with Crippen LogP contribution in [0, 0.1) is 5.92 Å². The van der Waals surface area contributed by atoms with E-state index in [1.807, 2.05) is 12.3 Å². The lowest BCUT2D eigenvalue weighted by atomic mass is 9.93. The zero-order valence-corrected chi connectivity index (χ0v) is 14.4. The molecule has 1 aromatic rings. The standard InChI is InChI=1S/C18H25N3OS/c22-18(21-10-5-17-15(12-21)2-1-7-19-17)14-3-8-20(9-4-14)16-6-11-23-13-16/h1-2,7,14,16H,3-6,8-13H2. The van der Waals surface area contributed by atoms with E-state index in [1.165, 1.54) is 29.2 Å². The van der Waals surface area contributed by atoms with Crippen molar-refractivity contribution in [3.05, 3.63) is 29.6 Å². The minimum absolute atomic E-state index is 0.235. The van der Waals surface area contributed by atoms with Crippen molar-refractivity contribution in [1.29, 1.82) is 0 Å². The first-order valence-corrected chi connectivity index (χ1v) is 10.00. The lowest BCUT2D eigenvalue weighted by Crippen LogP contribution is -2.47. The van der Waals surface area contributed by atoms with Gasteiger partial charge < -0.3 is 4.90 Å². The summed E-state index contributed by atoms with van der Waals surface area (Å²) in [6.45, 7) is 3.80. The van der Waals surface area contributed by atoms with Gasteiger partial charge in [0, 0.05) is 49.1 Å². The Balaban J connectivity index is 1.34. The Morgan fingerprint density at radius 3 is 2.87 bits per heavy atom. The Labute approximate surface area is 142 Å². The third kappa shape index (κ3) is 3.26. The molecule has 0 saturated carbocycles. The summed E-state index contributed by atoms with van der Waals surface area (Å²) < 4.78 is 0. The Morgan fingerprint density at radius 2 is 2.09 bits per heavy atom. The summed E-state index contributed by atoms with van der Waals surface area (Å²) in [5.41, 5.74) is 2.40. The number of thioether (sulfide) groups is 1. The fraction of sp³-hybridized carbons (Fsp3) is 0.667. The molecule has 124 valence electrons. The van der Waals surface area contributed by atoms with E-state index in [1.54, 1.807) is 0 Å². The second kappa shape index (κ2) is 6.81. The molecular weight excluding hydrogens is 306 g/mol. The normalized spacial score (nSPS) is 26.3. The molecule has 4 nitrogen and oxygen atoms in total. The average molecular weight is 331 g/mol. The van der Waals surface area contributed by atoms with Crippen LogP contribution in [0.3, 0.4) is 0 Å². The number of piperidine rings is 1. The molecule has 1 amide bonds. The highest BCUT2D eigenvalue weighted by Gasteiger charge is 2.33. The highest BCUT2D eigenvalue weighted by Crippen LogP contribution is 2.28. The topological polar surface area (TPSA) is 36.4 Å². The monoisotopic (exact) mass is 331 g/mol. The summed E-state index contributed by atoms with van der Waals surface area (Å²) in [4.78, 5) is 22.0. The van der Waals surface area contributed by atoms with Gasteiger partial charge in [0.05, 0.1) is 0 Å². The van der Waals surface area contributed by atoms with E-state index < -0.39 is 0 Å². The smallest absolute Gasteiger partial charge is 0.226 e. The maximum absolute atomic E-state index is 12.9. The summed E-state index contributed by atoms with van der Waals surface area (Å²) in [7, 11) is 0. The lowest BCUT2D eigenvalue weighted by Gasteiger charge is -2.38. The van der Waals surface area contributed by atoms with E-state index in [-0.39, 0.29) is 5.92 Å². The van der Waals surface area contributed by atoms with Crippen molar-refractivity contribution in [2.24, 2.45) is 5.92 Å². The number of carbonyl (C=O) groups excluding carboxylic acids is 1. The van der Waals surface area contributed by atoms with E-state index in [0.717, 1.165) is 51.5 Å². The van der Waals surface area contributed by atoms with Gasteiger partial charge in [0.25, 0.3) is 0 Å². The number of fused-ring (bicyclic) bond motifs is 1. The first-order chi connectivity index (χ1) is 11.3. The first-order valence-electron chi connectivity index (χ1n) is 8.84. The van der Waals surface area contributed by atoms with Gasteiger partial charge in [-0.1, -0.05) is 6.07 Å². The Kier molecular flexibility index (Phi) is 4.58. The summed E-state index contributed by atoms with van der Waals surface area (Å²) in [5, 5.41) is 0. The van der Waals surface area contributed by atoms with Crippen LogP contribution in [0.2, 0.25) is 0 Å². The molecule has 1 atom stereocenters. The summed E-state index contributed by atoms with van der Waals surface area (Å²) in [5.74, 6) is 3.21. The third-order valence-corrected chi connectivity index (χ3v) is 6.72. The molecule has 1 aromatic heterocycles. The molecule has 2 saturated heterocycles. The van der Waals surface area contributed by atoms with Crippen LogP contribution in [0.4, 0.5) is 0 Å². The third-order valence-electron chi connectivity index (χ3n) is 5.58. The molecule has 4 heterocycles. The predicted octanol–water partition coefficient (Wildman–Crippen LogP) is 2.18. The van der Waals surface area contributed by atoms with Crippen LogP contribution in [0.5, 0.6) is 0 Å². The second-order valence-corrected chi connectivity index (χ2v) is 8.10. The molecule has 2 fully saturated rings. The van der Waals surface area contributed by atoms with E-state index >= 15 is 0 Å². The van der Waals surface area contributed by atoms with Crippen LogP contribution in [0.1, 0.15) is 30.5 Å². The van der Waals surface area contributed by atoms with Crippen molar-refractivity contribution in [1.82, 2.24) is 14.8 Å². The van der Waals surface area contributed by atoms with Crippen LogP contribution in [0.15, 0.2) is 18.3 Å². The van der Waals surface area contributed by atoms with Crippen molar-refractivity contribution in [3.8, 4) is 0 Å². The number of likely N-dealkylation sites (tertiary alicyclic amines) is 1. The minimum Gasteiger partial charge on any atom is -0.338 e. The van der Waals surface area contributed by atoms with Gasteiger partial charge >= 0.3 is 0 Å². The van der Waals surface area contributed by atoms with Gasteiger partial charge in [-0.3, -0.25) is 14.7 Å². The maximum atomic E-state index is 12.9. The van der Waals surface area contributed by atoms with Gasteiger partial charge in [0.1, 0.15) is 0 Å². The molecule has 0 aliphatic carbocycles. The number of pyridine rings is 1. The minimum atomic E-state index is 0.235. The fourth-order valence-electron chi connectivity index (χ4n) is 4.13. The zero-order chi connectivity index (χ0) is 15.6. The number of nitrogens with zero attached hydrogens (tertiary/aromatic N) is 3. The molecule has 0 radical (unpaired) electrons. The molecule has 0 aromatic carbocycles. The van der Waals surface area contributed by atoms with E-state index in [9.17, 15) is 4.79 Å². The first kappa shape index (κ1) is 15.5. The van der Waals surface area contributed by atoms with Crippen molar-refractivity contribution in [3.63, 3.8) is 0 Å². The summed E-state index contributed by atoms with van der Waals surface area (Å²) >= 11 is 2.08. The Morgan fingerprint density at radius 1 is 1.22 bits per heavy atom. The molecule has 3 aliphatic heterocycles. The number of hydrogen-bond donors (Lipinski definition) is 0. The van der Waals surface area contributed by atoms with Crippen LogP contribution < -0.4 is 0 Å². The van der Waals surface area contributed by atoms with Crippen LogP contribution in [-0.4, -0.2) is 57.9 Å². The van der Waals surface area contributed by atoms with Gasteiger partial charge in [-0.25, -0.2) is 0 Å². The zero-order valence-electron chi connectivity index (χ0n) is 13.6. The average Bonchev–Trinajstić information content (AvgIpc) is 3.15. The maximum Gasteiger partial charge on any atom is 0.226 e. The second-order valence-electron chi connectivity index (χ2n) is 6.95. The van der Waals surface area contributed by atoms with Crippen LogP contribution in [-0.2, 0) is 17.8 Å². The van der Waals surface area contributed by atoms with Crippen molar-refractivity contribution >= 4 is 17.7 Å². The molecule has 0 N–H and O–H groups in total. The fourth-order valence-corrected chi connectivity index (χ4v) is 5.39. The van der Waals surface area contributed by atoms with Crippen LogP contribution in [0.25, 0.3) is 0 Å². The quantitative estimate of drug-likeness (QED) is 0.832. The molecule has 1 unspecified atom stereocenters. The molecule has 3 aliphatic rings. The predicted molar refractivity (Wildman–Crippen MR) is 93.4 cm³/mol. The van der Waals surface area contributed by atoms with Crippen molar-refractivity contribution in [2.75, 3.05) is 31.1 Å². The van der Waals surface area contributed by atoms with Gasteiger partial charge in [-0.05, 0) is 49.7 Å². The molecule has 4 rings (SSSR count). The molecule has 0 spiro atoms. The number of carbonyl (C=O) groups is 1. The van der Waals surface area contributed by atoms with E-state index in [4.69, 9.17) is 0 Å². The summed E-state index contributed by atoms with van der Waals surface area (Å²) in [6, 6.07) is 4.86. The van der Waals surface area contributed by atoms with E-state index in [0.29, 0.717) is 5.91 Å². The Hall–Kier alpha value is -1.07. The SMILES string of the molecule is O=C(C1CCN(C2CCSC2)CC1)N1CCc2ncccc2C1. The van der Waals surface area contributed by atoms with Gasteiger partial charge in [-0.2, -0.15) is 11.8 Å². The highest BCUT2D eigenvalue weighted by atomic mass is 32.2. The van der Waals surface area contributed by atoms with Crippen LogP contribution >= 0.6 is 11.8 Å². The largest absolute Gasteiger partial charge is 0.338 e.